The Hall–Kier alpha value is -5.21. The Bertz CT molecular complexity index is 2230. The van der Waals surface area contributed by atoms with Gasteiger partial charge >= 0.3 is 0 Å². The average Bonchev–Trinajstić information content (AvgIpc) is 3.52. The van der Waals surface area contributed by atoms with Gasteiger partial charge in [0.05, 0.1) is 10.8 Å². The normalized spacial score (nSPS) is 15.9. The molecule has 8 nitrogen and oxygen atoms in total. The van der Waals surface area contributed by atoms with Crippen LogP contribution in [0.25, 0.3) is 44.8 Å². The molecular weight excluding hydrogens is 580 g/mol. The second-order valence-corrected chi connectivity index (χ2v) is 12.3. The number of hydrogen-bond donors (Lipinski definition) is 4. The second-order valence-electron chi connectivity index (χ2n) is 11.9. The third-order valence-electron chi connectivity index (χ3n) is 8.40. The molecule has 1 aliphatic rings. The van der Waals surface area contributed by atoms with Crippen LogP contribution in [-0.2, 0) is 0 Å². The first-order chi connectivity index (χ1) is 21.9. The number of H-pyrrole nitrogens is 2. The molecule has 8 rings (SSSR count). The zero-order valence-electron chi connectivity index (χ0n) is 25.1. The highest BCUT2D eigenvalue weighted by molar-refractivity contribution is 6.30. The summed E-state index contributed by atoms with van der Waals surface area (Å²) in [6, 6.07) is 28.9. The number of anilines is 3. The van der Waals surface area contributed by atoms with Crippen LogP contribution in [0.2, 0.25) is 5.02 Å². The quantitative estimate of drug-likeness (QED) is 0.144. The van der Waals surface area contributed by atoms with Gasteiger partial charge in [-0.25, -0.2) is 19.9 Å². The lowest BCUT2D eigenvalue weighted by atomic mass is 10.1. The molecule has 0 aliphatic heterocycles. The van der Waals surface area contributed by atoms with Crippen molar-refractivity contribution in [2.45, 2.75) is 39.2 Å². The predicted molar refractivity (Wildman–Crippen MR) is 182 cm³/mol. The first kappa shape index (κ1) is 27.3. The fourth-order valence-electron chi connectivity index (χ4n) is 6.07. The van der Waals surface area contributed by atoms with Gasteiger partial charge in [0.15, 0.2) is 11.6 Å². The van der Waals surface area contributed by atoms with Crippen LogP contribution in [0.3, 0.4) is 0 Å². The Balaban J connectivity index is 1.09. The van der Waals surface area contributed by atoms with Crippen molar-refractivity contribution in [1.82, 2.24) is 29.9 Å². The maximum absolute atomic E-state index is 6.26. The molecule has 4 N–H and O–H groups in total. The summed E-state index contributed by atoms with van der Waals surface area (Å²) in [6.45, 7) is 6.17. The van der Waals surface area contributed by atoms with E-state index in [1.54, 1.807) is 0 Å². The average molecular weight is 611 g/mol. The van der Waals surface area contributed by atoms with Crippen molar-refractivity contribution in [2.24, 2.45) is 0 Å². The maximum atomic E-state index is 6.26. The summed E-state index contributed by atoms with van der Waals surface area (Å²) in [5.41, 5.74) is 8.98. The van der Waals surface area contributed by atoms with E-state index in [1.807, 2.05) is 50.2 Å². The molecule has 4 heterocycles. The number of rotatable bonds is 7. The molecule has 0 saturated heterocycles. The van der Waals surface area contributed by atoms with Crippen molar-refractivity contribution in [2.75, 3.05) is 10.6 Å². The molecule has 0 radical (unpaired) electrons. The van der Waals surface area contributed by atoms with Crippen molar-refractivity contribution in [3.63, 3.8) is 0 Å². The Labute approximate surface area is 265 Å². The highest BCUT2D eigenvalue weighted by Crippen LogP contribution is 2.44. The number of nitrogens with one attached hydrogen (secondary N) is 4. The standard InChI is InChI=1S/C36H31ClN8/c1-19-8-4-5-13-26(19)32-44-34-29(15-21(3)39-34)36(45-32)41-30-18-27(30)22-9-6-10-23(16-22)31-42-33-28(14-20(2)38-33)35(43-31)40-25-12-7-11-24(37)17-25/h4-17,27,30H,18H2,1-3H3,(H2,38,40,42,43)(H2,39,41,44,45). The van der Waals surface area contributed by atoms with Gasteiger partial charge in [0.2, 0.25) is 0 Å². The van der Waals surface area contributed by atoms with Gasteiger partial charge in [-0.05, 0) is 74.7 Å². The van der Waals surface area contributed by atoms with E-state index in [9.17, 15) is 0 Å². The summed E-state index contributed by atoms with van der Waals surface area (Å²) in [5.74, 6) is 3.32. The topological polar surface area (TPSA) is 107 Å². The molecule has 0 spiro atoms. The van der Waals surface area contributed by atoms with Gasteiger partial charge in [0.25, 0.3) is 0 Å². The van der Waals surface area contributed by atoms with E-state index in [0.717, 1.165) is 79.7 Å². The fourth-order valence-corrected chi connectivity index (χ4v) is 6.26. The van der Waals surface area contributed by atoms with Gasteiger partial charge in [-0.2, -0.15) is 0 Å². The Morgan fingerprint density at radius 1 is 0.711 bits per heavy atom. The van der Waals surface area contributed by atoms with Crippen molar-refractivity contribution < 1.29 is 0 Å². The fraction of sp³-hybridized carbons (Fsp3) is 0.167. The van der Waals surface area contributed by atoms with Gasteiger partial charge in [-0.3, -0.25) is 0 Å². The van der Waals surface area contributed by atoms with E-state index < -0.39 is 0 Å². The van der Waals surface area contributed by atoms with Gasteiger partial charge in [-0.15, -0.1) is 0 Å². The van der Waals surface area contributed by atoms with E-state index in [-0.39, 0.29) is 6.04 Å². The van der Waals surface area contributed by atoms with E-state index in [1.165, 1.54) is 5.56 Å². The first-order valence-corrected chi connectivity index (χ1v) is 15.5. The van der Waals surface area contributed by atoms with Crippen LogP contribution in [0, 0.1) is 20.8 Å². The van der Waals surface area contributed by atoms with Crippen LogP contribution in [-0.4, -0.2) is 35.9 Å². The molecule has 3 aromatic carbocycles. The zero-order chi connectivity index (χ0) is 30.7. The molecule has 0 bridgehead atoms. The molecule has 0 amide bonds. The zero-order valence-corrected chi connectivity index (χ0v) is 25.9. The first-order valence-electron chi connectivity index (χ1n) is 15.1. The smallest absolute Gasteiger partial charge is 0.164 e. The van der Waals surface area contributed by atoms with Crippen LogP contribution in [0.4, 0.5) is 17.3 Å². The molecule has 1 fully saturated rings. The summed E-state index contributed by atoms with van der Waals surface area (Å²) >= 11 is 6.26. The van der Waals surface area contributed by atoms with Crippen LogP contribution >= 0.6 is 11.6 Å². The minimum Gasteiger partial charge on any atom is -0.366 e. The van der Waals surface area contributed by atoms with E-state index in [0.29, 0.717) is 16.8 Å². The van der Waals surface area contributed by atoms with E-state index >= 15 is 0 Å². The van der Waals surface area contributed by atoms with Crippen molar-refractivity contribution in [3.05, 3.63) is 112 Å². The third-order valence-corrected chi connectivity index (χ3v) is 8.64. The number of aromatic nitrogens is 6. The van der Waals surface area contributed by atoms with Crippen molar-refractivity contribution >= 4 is 51.0 Å². The molecular formula is C36H31ClN8. The summed E-state index contributed by atoms with van der Waals surface area (Å²) in [7, 11) is 0. The Kier molecular flexibility index (Phi) is 6.53. The molecule has 2 atom stereocenters. The second kappa shape index (κ2) is 10.7. The van der Waals surface area contributed by atoms with Gasteiger partial charge < -0.3 is 20.6 Å². The van der Waals surface area contributed by atoms with Crippen LogP contribution in [0.5, 0.6) is 0 Å². The lowest BCUT2D eigenvalue weighted by Crippen LogP contribution is -2.08. The molecule has 1 aliphatic carbocycles. The molecule has 222 valence electrons. The third kappa shape index (κ3) is 5.27. The van der Waals surface area contributed by atoms with E-state index in [4.69, 9.17) is 31.5 Å². The minimum absolute atomic E-state index is 0.257. The monoisotopic (exact) mass is 610 g/mol. The van der Waals surface area contributed by atoms with Gasteiger partial charge in [-0.1, -0.05) is 60.1 Å². The number of hydrogen-bond acceptors (Lipinski definition) is 6. The van der Waals surface area contributed by atoms with Crippen molar-refractivity contribution in [1.29, 1.82) is 0 Å². The highest BCUT2D eigenvalue weighted by Gasteiger charge is 2.39. The Morgan fingerprint density at radius 2 is 1.42 bits per heavy atom. The highest BCUT2D eigenvalue weighted by atomic mass is 35.5. The van der Waals surface area contributed by atoms with Crippen molar-refractivity contribution in [3.8, 4) is 22.8 Å². The largest absolute Gasteiger partial charge is 0.366 e. The lowest BCUT2D eigenvalue weighted by Gasteiger charge is -2.11. The minimum atomic E-state index is 0.257. The maximum Gasteiger partial charge on any atom is 0.164 e. The number of benzene rings is 3. The predicted octanol–water partition coefficient (Wildman–Crippen LogP) is 8.85. The number of nitrogens with zero attached hydrogens (tertiary/aromatic N) is 4. The van der Waals surface area contributed by atoms with Crippen LogP contribution in [0.1, 0.15) is 34.9 Å². The molecule has 45 heavy (non-hydrogen) atoms. The molecule has 4 aromatic heterocycles. The SMILES string of the molecule is Cc1cc2c(Nc3cccc(Cl)c3)nc(-c3cccc(C4CC4Nc4nc(-c5ccccc5C)nc5[nH]c(C)cc45)c3)nc2[nH]1. The summed E-state index contributed by atoms with van der Waals surface area (Å²) in [4.78, 5) is 26.6. The molecule has 2 unspecified atom stereocenters. The number of fused-ring (bicyclic) bond motifs is 2. The lowest BCUT2D eigenvalue weighted by molar-refractivity contribution is 1.03. The number of aryl methyl sites for hydroxylation is 3. The number of aromatic amines is 2. The molecule has 1 saturated carbocycles. The van der Waals surface area contributed by atoms with E-state index in [2.05, 4.69) is 76.1 Å². The summed E-state index contributed by atoms with van der Waals surface area (Å²) in [6.07, 6.45) is 1.01. The summed E-state index contributed by atoms with van der Waals surface area (Å²) in [5, 5.41) is 9.80. The van der Waals surface area contributed by atoms with Gasteiger partial charge in [0, 0.05) is 45.2 Å². The summed E-state index contributed by atoms with van der Waals surface area (Å²) < 4.78 is 0. The number of halogens is 1. The Morgan fingerprint density at radius 3 is 2.20 bits per heavy atom. The molecule has 7 aromatic rings. The van der Waals surface area contributed by atoms with Crippen LogP contribution < -0.4 is 10.6 Å². The molecule has 9 heteroatoms. The van der Waals surface area contributed by atoms with Gasteiger partial charge in [0.1, 0.15) is 22.9 Å². The van der Waals surface area contributed by atoms with Crippen LogP contribution in [0.15, 0.2) is 84.9 Å².